The van der Waals surface area contributed by atoms with Crippen LogP contribution in [0.4, 0.5) is 10.7 Å². The molecule has 8 nitrogen and oxygen atoms in total. The van der Waals surface area contributed by atoms with Crippen molar-refractivity contribution in [3.63, 3.8) is 0 Å². The average Bonchev–Trinajstić information content (AvgIpc) is 3.29. The number of unbranched alkanes of at least 4 members (excludes halogenated alkanes) is 1. The zero-order valence-corrected chi connectivity index (χ0v) is 19.6. The van der Waals surface area contributed by atoms with E-state index in [-0.39, 0.29) is 18.5 Å². The molecule has 2 aromatic rings. The molecule has 0 radical (unpaired) electrons. The number of hydrogen-bond donors (Lipinski definition) is 0. The van der Waals surface area contributed by atoms with Gasteiger partial charge in [-0.2, -0.15) is 4.57 Å². The molecule has 1 atom stereocenters. The van der Waals surface area contributed by atoms with E-state index >= 15 is 0 Å². The molecule has 4 rings (SSSR count). The fourth-order valence-electron chi connectivity index (χ4n) is 4.44. The van der Waals surface area contributed by atoms with Gasteiger partial charge in [0, 0.05) is 13.7 Å². The van der Waals surface area contributed by atoms with Crippen molar-refractivity contribution >= 4 is 23.7 Å². The Balaban J connectivity index is 1.73. The Kier molecular flexibility index (Phi) is 6.15. The molecule has 1 fully saturated rings. The number of benzene rings is 1. The number of hydrogen-bond acceptors (Lipinski definition) is 4. The van der Waals surface area contributed by atoms with E-state index in [0.717, 1.165) is 23.5 Å². The number of ether oxygens (including phenoxy) is 1. The van der Waals surface area contributed by atoms with Crippen LogP contribution in [0.2, 0.25) is 0 Å². The van der Waals surface area contributed by atoms with Crippen LogP contribution in [-0.2, 0) is 16.0 Å². The normalized spacial score (nSPS) is 17.7. The molecule has 8 heteroatoms. The second kappa shape index (κ2) is 8.86. The first kappa shape index (κ1) is 22.2. The van der Waals surface area contributed by atoms with E-state index in [4.69, 9.17) is 9.73 Å². The molecule has 32 heavy (non-hydrogen) atoms. The number of carbonyl (C=O) groups excluding carboxylic acids is 2. The minimum atomic E-state index is -0.641. The quantitative estimate of drug-likeness (QED) is 0.469. The molecule has 0 N–H and O–H groups in total. The lowest BCUT2D eigenvalue weighted by atomic mass is 10.1. The number of rotatable bonds is 8. The third kappa shape index (κ3) is 3.52. The summed E-state index contributed by atoms with van der Waals surface area (Å²) in [6.45, 7) is 9.21. The van der Waals surface area contributed by atoms with Gasteiger partial charge in [0.05, 0.1) is 13.2 Å². The van der Waals surface area contributed by atoms with E-state index in [1.165, 1.54) is 28.2 Å². The second-order valence-corrected chi connectivity index (χ2v) is 8.35. The van der Waals surface area contributed by atoms with Crippen LogP contribution in [0.5, 0.6) is 0 Å². The topological polar surface area (TPSA) is 71.0 Å². The number of aryl methyl sites for hydroxylation is 1. The Morgan fingerprint density at radius 1 is 1.12 bits per heavy atom. The number of imidazole rings is 1. The van der Waals surface area contributed by atoms with Crippen molar-refractivity contribution in [3.05, 3.63) is 41.2 Å². The number of likely N-dealkylation sites (N-methyl/N-ethyl adjacent to an activating group) is 1. The van der Waals surface area contributed by atoms with Crippen LogP contribution < -0.4 is 4.57 Å². The Morgan fingerprint density at radius 3 is 2.50 bits per heavy atom. The minimum absolute atomic E-state index is 0.230. The van der Waals surface area contributed by atoms with Gasteiger partial charge in [0.25, 0.3) is 5.91 Å². The standard InChI is InChI=1S/C24H32N5O3/c1-6-8-9-18-10-12-19(13-11-18)28-16(3)17(4)29-20-21(25-23(28)29)26(5)24(31)27(22(20)30)14-15-32-7-2/h10-13,20H,6-9,14-15H2,1-5H3/q+1. The van der Waals surface area contributed by atoms with Gasteiger partial charge in [-0.15, -0.1) is 0 Å². The number of amidine groups is 1. The summed E-state index contributed by atoms with van der Waals surface area (Å²) in [5.74, 6) is 0.880. The van der Waals surface area contributed by atoms with Crippen LogP contribution in [-0.4, -0.2) is 58.9 Å². The number of imide groups is 1. The first-order valence-electron chi connectivity index (χ1n) is 11.4. The smallest absolute Gasteiger partial charge is 0.380 e. The van der Waals surface area contributed by atoms with Gasteiger partial charge in [-0.05, 0) is 51.3 Å². The average molecular weight is 439 g/mol. The van der Waals surface area contributed by atoms with Crippen LogP contribution in [0.3, 0.4) is 0 Å². The highest BCUT2D eigenvalue weighted by molar-refractivity contribution is 6.19. The van der Waals surface area contributed by atoms with Crippen molar-refractivity contribution in [1.82, 2.24) is 14.4 Å². The third-order valence-electron chi connectivity index (χ3n) is 6.39. The summed E-state index contributed by atoms with van der Waals surface area (Å²) in [7, 11) is 1.68. The molecule has 0 bridgehead atoms. The Labute approximate surface area is 189 Å². The van der Waals surface area contributed by atoms with E-state index in [9.17, 15) is 9.59 Å². The van der Waals surface area contributed by atoms with Crippen molar-refractivity contribution < 1.29 is 18.9 Å². The van der Waals surface area contributed by atoms with Crippen LogP contribution >= 0.6 is 0 Å². The second-order valence-electron chi connectivity index (χ2n) is 8.35. The van der Waals surface area contributed by atoms with E-state index in [0.29, 0.717) is 25.0 Å². The lowest BCUT2D eigenvalue weighted by Crippen LogP contribution is -2.63. The number of amides is 3. The first-order valence-corrected chi connectivity index (χ1v) is 11.4. The van der Waals surface area contributed by atoms with Gasteiger partial charge in [-0.1, -0.05) is 30.5 Å². The minimum Gasteiger partial charge on any atom is -0.380 e. The maximum atomic E-state index is 13.4. The molecule has 170 valence electrons. The molecule has 1 aromatic heterocycles. The molecule has 1 unspecified atom stereocenters. The van der Waals surface area contributed by atoms with Crippen molar-refractivity contribution in [2.45, 2.75) is 53.0 Å². The predicted molar refractivity (Wildman–Crippen MR) is 122 cm³/mol. The van der Waals surface area contributed by atoms with Gasteiger partial charge in [-0.25, -0.2) is 9.36 Å². The number of nitrogens with zero attached hydrogens (tertiary/aromatic N) is 5. The third-order valence-corrected chi connectivity index (χ3v) is 6.39. The van der Waals surface area contributed by atoms with Crippen LogP contribution in [0.25, 0.3) is 5.69 Å². The maximum Gasteiger partial charge on any atom is 0.407 e. The number of fused-ring (bicyclic) bond motifs is 3. The van der Waals surface area contributed by atoms with Gasteiger partial charge in [0.1, 0.15) is 17.1 Å². The number of carbonyl (C=O) groups is 2. The fraction of sp³-hybridized carbons (Fsp3) is 0.500. The summed E-state index contributed by atoms with van der Waals surface area (Å²) in [4.78, 5) is 33.8. The first-order chi connectivity index (χ1) is 15.4. The SMILES string of the molecule is CCCCc1ccc(-n2c(C)c(C)[n+]3c2N=C2C3C(=O)N(CCOCC)C(=O)N2C)cc1. The lowest BCUT2D eigenvalue weighted by molar-refractivity contribution is -0.682. The predicted octanol–water partition coefficient (Wildman–Crippen LogP) is 3.24. The van der Waals surface area contributed by atoms with Gasteiger partial charge >= 0.3 is 12.0 Å². The molecule has 3 heterocycles. The summed E-state index contributed by atoms with van der Waals surface area (Å²) >= 11 is 0. The van der Waals surface area contributed by atoms with E-state index in [2.05, 4.69) is 35.8 Å². The molecule has 1 aromatic carbocycles. The van der Waals surface area contributed by atoms with Gasteiger partial charge in [0.2, 0.25) is 11.9 Å². The van der Waals surface area contributed by atoms with Crippen molar-refractivity contribution in [3.8, 4) is 5.69 Å². The summed E-state index contributed by atoms with van der Waals surface area (Å²) in [6.07, 6.45) is 3.41. The van der Waals surface area contributed by atoms with E-state index < -0.39 is 6.04 Å². The Bertz CT molecular complexity index is 1070. The monoisotopic (exact) mass is 438 g/mol. The summed E-state index contributed by atoms with van der Waals surface area (Å²) in [6, 6.07) is 7.51. The number of aromatic nitrogens is 2. The molecule has 3 amide bonds. The summed E-state index contributed by atoms with van der Waals surface area (Å²) < 4.78 is 9.40. The highest BCUT2D eigenvalue weighted by atomic mass is 16.5. The maximum absolute atomic E-state index is 13.4. The Hall–Kier alpha value is -3.00. The molecule has 0 saturated carbocycles. The summed E-state index contributed by atoms with van der Waals surface area (Å²) in [5, 5.41) is 0. The Morgan fingerprint density at radius 2 is 1.84 bits per heavy atom. The van der Waals surface area contributed by atoms with Gasteiger partial charge in [0.15, 0.2) is 0 Å². The number of aliphatic imine (C=N–C) groups is 1. The molecule has 2 aliphatic heterocycles. The zero-order chi connectivity index (χ0) is 23.0. The zero-order valence-electron chi connectivity index (χ0n) is 19.6. The largest absolute Gasteiger partial charge is 0.407 e. The molecule has 2 aliphatic rings. The van der Waals surface area contributed by atoms with Crippen LogP contribution in [0.1, 0.15) is 49.7 Å². The van der Waals surface area contributed by atoms with E-state index in [1.54, 1.807) is 7.05 Å². The molecule has 0 spiro atoms. The van der Waals surface area contributed by atoms with Gasteiger partial charge < -0.3 is 4.74 Å². The van der Waals surface area contributed by atoms with Gasteiger partial charge in [-0.3, -0.25) is 14.6 Å². The van der Waals surface area contributed by atoms with E-state index in [1.807, 2.05) is 25.3 Å². The van der Waals surface area contributed by atoms with Crippen molar-refractivity contribution in [1.29, 1.82) is 0 Å². The van der Waals surface area contributed by atoms with Crippen molar-refractivity contribution in [2.24, 2.45) is 4.99 Å². The molecular formula is C24H32N5O3+. The lowest BCUT2D eigenvalue weighted by Gasteiger charge is -2.33. The van der Waals surface area contributed by atoms with Crippen LogP contribution in [0.15, 0.2) is 29.3 Å². The highest BCUT2D eigenvalue weighted by Gasteiger charge is 2.54. The van der Waals surface area contributed by atoms with Crippen LogP contribution in [0, 0.1) is 13.8 Å². The van der Waals surface area contributed by atoms with Crippen molar-refractivity contribution in [2.75, 3.05) is 26.8 Å². The summed E-state index contributed by atoms with van der Waals surface area (Å²) in [5.41, 5.74) is 4.29. The molecule has 0 aliphatic carbocycles. The number of urea groups is 1. The molecular weight excluding hydrogens is 406 g/mol. The fourth-order valence-corrected chi connectivity index (χ4v) is 4.44. The molecule has 1 saturated heterocycles. The highest BCUT2D eigenvalue weighted by Crippen LogP contribution is 2.33.